The molecule has 28 heavy (non-hydrogen) atoms. The molecular formula is C23H29N3O2. The molecule has 0 bridgehead atoms. The van der Waals surface area contributed by atoms with Crippen molar-refractivity contribution in [2.45, 2.75) is 56.9 Å². The SMILES string of the molecule is O=C(c1cccnc1)N1CCC(NC2CCCC2OCc2ccccc2)CC1. The number of amides is 1. The van der Waals surface area contributed by atoms with E-state index >= 15 is 0 Å². The zero-order valence-corrected chi connectivity index (χ0v) is 16.3. The molecule has 1 aliphatic carbocycles. The van der Waals surface area contributed by atoms with Gasteiger partial charge in [0.25, 0.3) is 5.91 Å². The third-order valence-corrected chi connectivity index (χ3v) is 5.90. The first kappa shape index (κ1) is 19.1. The Morgan fingerprint density at radius 1 is 1.07 bits per heavy atom. The fourth-order valence-electron chi connectivity index (χ4n) is 4.32. The molecular weight excluding hydrogens is 350 g/mol. The van der Waals surface area contributed by atoms with Crippen molar-refractivity contribution in [2.24, 2.45) is 0 Å². The Morgan fingerprint density at radius 3 is 2.64 bits per heavy atom. The Labute approximate surface area is 167 Å². The second-order valence-corrected chi connectivity index (χ2v) is 7.85. The van der Waals surface area contributed by atoms with Gasteiger partial charge in [-0.1, -0.05) is 30.3 Å². The molecule has 2 aliphatic rings. The van der Waals surface area contributed by atoms with Crippen molar-refractivity contribution in [3.63, 3.8) is 0 Å². The highest BCUT2D eigenvalue weighted by molar-refractivity contribution is 5.93. The molecule has 5 nitrogen and oxygen atoms in total. The van der Waals surface area contributed by atoms with Gasteiger partial charge in [0.15, 0.2) is 0 Å². The van der Waals surface area contributed by atoms with Crippen LogP contribution >= 0.6 is 0 Å². The Hall–Kier alpha value is -2.24. The molecule has 2 fully saturated rings. The molecule has 1 amide bonds. The minimum Gasteiger partial charge on any atom is -0.372 e. The number of nitrogens with one attached hydrogen (secondary N) is 1. The van der Waals surface area contributed by atoms with Gasteiger partial charge in [-0.15, -0.1) is 0 Å². The summed E-state index contributed by atoms with van der Waals surface area (Å²) < 4.78 is 6.23. The summed E-state index contributed by atoms with van der Waals surface area (Å²) in [5, 5.41) is 3.83. The summed E-state index contributed by atoms with van der Waals surface area (Å²) in [6.07, 6.45) is 9.15. The smallest absolute Gasteiger partial charge is 0.255 e. The summed E-state index contributed by atoms with van der Waals surface area (Å²) in [7, 11) is 0. The number of hydrogen-bond donors (Lipinski definition) is 1. The van der Waals surface area contributed by atoms with Crippen LogP contribution in [-0.4, -0.2) is 47.1 Å². The van der Waals surface area contributed by atoms with Crippen LogP contribution in [0.3, 0.4) is 0 Å². The Morgan fingerprint density at radius 2 is 1.89 bits per heavy atom. The summed E-state index contributed by atoms with van der Waals surface area (Å²) in [4.78, 5) is 18.6. The summed E-state index contributed by atoms with van der Waals surface area (Å²) in [6, 6.07) is 14.9. The lowest BCUT2D eigenvalue weighted by molar-refractivity contribution is 0.0228. The zero-order chi connectivity index (χ0) is 19.2. The summed E-state index contributed by atoms with van der Waals surface area (Å²) in [6.45, 7) is 2.28. The molecule has 1 N–H and O–H groups in total. The predicted octanol–water partition coefficient (Wildman–Crippen LogP) is 3.41. The van der Waals surface area contributed by atoms with Crippen LogP contribution in [0.1, 0.15) is 48.0 Å². The van der Waals surface area contributed by atoms with Gasteiger partial charge < -0.3 is 15.0 Å². The summed E-state index contributed by atoms with van der Waals surface area (Å²) in [5.74, 6) is 0.0940. The van der Waals surface area contributed by atoms with Crippen LogP contribution in [0.25, 0.3) is 0 Å². The number of benzene rings is 1. The number of ether oxygens (including phenoxy) is 1. The molecule has 1 aromatic carbocycles. The first-order valence-corrected chi connectivity index (χ1v) is 10.4. The fraction of sp³-hybridized carbons (Fsp3) is 0.478. The van der Waals surface area contributed by atoms with Crippen LogP contribution in [0, 0.1) is 0 Å². The van der Waals surface area contributed by atoms with E-state index in [4.69, 9.17) is 4.74 Å². The van der Waals surface area contributed by atoms with E-state index in [0.717, 1.165) is 32.4 Å². The number of pyridine rings is 1. The molecule has 0 spiro atoms. The van der Waals surface area contributed by atoms with Crippen LogP contribution in [0.4, 0.5) is 0 Å². The minimum absolute atomic E-state index is 0.0940. The van der Waals surface area contributed by atoms with Crippen molar-refractivity contribution in [2.75, 3.05) is 13.1 Å². The normalized spacial score (nSPS) is 23.1. The molecule has 1 aliphatic heterocycles. The second-order valence-electron chi connectivity index (χ2n) is 7.85. The lowest BCUT2D eigenvalue weighted by atomic mass is 10.0. The van der Waals surface area contributed by atoms with Gasteiger partial charge in [-0.2, -0.15) is 0 Å². The number of rotatable bonds is 6. The molecule has 5 heteroatoms. The summed E-state index contributed by atoms with van der Waals surface area (Å²) in [5.41, 5.74) is 1.91. The maximum atomic E-state index is 12.6. The lowest BCUT2D eigenvalue weighted by Gasteiger charge is -2.35. The average Bonchev–Trinajstić information content (AvgIpc) is 3.20. The molecule has 1 saturated heterocycles. The standard InChI is InChI=1S/C23H29N3O2/c27-23(19-8-5-13-24-16-19)26-14-11-20(12-15-26)25-21-9-4-10-22(21)28-17-18-6-2-1-3-7-18/h1-3,5-8,13,16,20-22,25H,4,9-12,14-15,17H2. The quantitative estimate of drug-likeness (QED) is 0.836. The lowest BCUT2D eigenvalue weighted by Crippen LogP contribution is -2.49. The van der Waals surface area contributed by atoms with Gasteiger partial charge in [-0.3, -0.25) is 9.78 Å². The van der Waals surface area contributed by atoms with Gasteiger partial charge >= 0.3 is 0 Å². The largest absolute Gasteiger partial charge is 0.372 e. The monoisotopic (exact) mass is 379 g/mol. The topological polar surface area (TPSA) is 54.5 Å². The highest BCUT2D eigenvalue weighted by Crippen LogP contribution is 2.25. The highest BCUT2D eigenvalue weighted by atomic mass is 16.5. The maximum Gasteiger partial charge on any atom is 0.255 e. The van der Waals surface area contributed by atoms with Gasteiger partial charge in [-0.25, -0.2) is 0 Å². The highest BCUT2D eigenvalue weighted by Gasteiger charge is 2.31. The first-order chi connectivity index (χ1) is 13.8. The number of likely N-dealkylation sites (tertiary alicyclic amines) is 1. The van der Waals surface area contributed by atoms with Crippen molar-refractivity contribution in [1.29, 1.82) is 0 Å². The van der Waals surface area contributed by atoms with Crippen molar-refractivity contribution >= 4 is 5.91 Å². The Kier molecular flexibility index (Phi) is 6.34. The van der Waals surface area contributed by atoms with E-state index in [1.54, 1.807) is 12.4 Å². The van der Waals surface area contributed by atoms with Crippen LogP contribution < -0.4 is 5.32 Å². The van der Waals surface area contributed by atoms with E-state index in [0.29, 0.717) is 24.3 Å². The average molecular weight is 380 g/mol. The minimum atomic E-state index is 0.0940. The van der Waals surface area contributed by atoms with E-state index in [1.165, 1.54) is 18.4 Å². The van der Waals surface area contributed by atoms with E-state index < -0.39 is 0 Å². The van der Waals surface area contributed by atoms with Crippen molar-refractivity contribution < 1.29 is 9.53 Å². The van der Waals surface area contributed by atoms with Gasteiger partial charge in [0, 0.05) is 37.6 Å². The Balaban J connectivity index is 1.24. The second kappa shape index (κ2) is 9.30. The molecule has 0 radical (unpaired) electrons. The zero-order valence-electron chi connectivity index (χ0n) is 16.3. The van der Waals surface area contributed by atoms with Gasteiger partial charge in [0.1, 0.15) is 0 Å². The number of aromatic nitrogens is 1. The van der Waals surface area contributed by atoms with Gasteiger partial charge in [0.2, 0.25) is 0 Å². The Bertz CT molecular complexity index is 745. The molecule has 2 unspecified atom stereocenters. The van der Waals surface area contributed by atoms with Gasteiger partial charge in [0.05, 0.1) is 18.3 Å². The van der Waals surface area contributed by atoms with Crippen LogP contribution in [0.5, 0.6) is 0 Å². The molecule has 4 rings (SSSR count). The van der Waals surface area contributed by atoms with E-state index in [9.17, 15) is 4.79 Å². The molecule has 2 atom stereocenters. The van der Waals surface area contributed by atoms with Crippen LogP contribution in [-0.2, 0) is 11.3 Å². The number of carbonyl (C=O) groups excluding carboxylic acids is 1. The number of carbonyl (C=O) groups is 1. The van der Waals surface area contributed by atoms with Crippen molar-refractivity contribution in [3.05, 3.63) is 66.0 Å². The molecule has 2 aromatic rings. The summed E-state index contributed by atoms with van der Waals surface area (Å²) >= 11 is 0. The van der Waals surface area contributed by atoms with Crippen molar-refractivity contribution in [1.82, 2.24) is 15.2 Å². The van der Waals surface area contributed by atoms with E-state index in [-0.39, 0.29) is 12.0 Å². The van der Waals surface area contributed by atoms with Crippen LogP contribution in [0.2, 0.25) is 0 Å². The fourth-order valence-corrected chi connectivity index (χ4v) is 4.32. The number of nitrogens with zero attached hydrogens (tertiary/aromatic N) is 2. The first-order valence-electron chi connectivity index (χ1n) is 10.4. The molecule has 2 heterocycles. The van der Waals surface area contributed by atoms with E-state index in [2.05, 4.69) is 34.6 Å². The van der Waals surface area contributed by atoms with E-state index in [1.807, 2.05) is 23.1 Å². The number of hydrogen-bond acceptors (Lipinski definition) is 4. The van der Waals surface area contributed by atoms with Gasteiger partial charge in [-0.05, 0) is 49.8 Å². The predicted molar refractivity (Wildman–Crippen MR) is 109 cm³/mol. The van der Waals surface area contributed by atoms with Crippen LogP contribution in [0.15, 0.2) is 54.9 Å². The molecule has 1 aromatic heterocycles. The third kappa shape index (κ3) is 4.78. The molecule has 148 valence electrons. The number of piperidine rings is 1. The third-order valence-electron chi connectivity index (χ3n) is 5.90. The van der Waals surface area contributed by atoms with Crippen molar-refractivity contribution in [3.8, 4) is 0 Å². The maximum absolute atomic E-state index is 12.6. The molecule has 1 saturated carbocycles.